The number of piperazine rings is 1. The van der Waals surface area contributed by atoms with Crippen LogP contribution in [-0.4, -0.2) is 60.9 Å². The zero-order chi connectivity index (χ0) is 18.8. The third-order valence-electron chi connectivity index (χ3n) is 4.73. The van der Waals surface area contributed by atoms with Crippen LogP contribution in [0.5, 0.6) is 5.75 Å². The van der Waals surface area contributed by atoms with Crippen molar-refractivity contribution in [2.24, 2.45) is 11.1 Å². The monoisotopic (exact) mass is 347 g/mol. The summed E-state index contributed by atoms with van der Waals surface area (Å²) in [6.07, 6.45) is 0. The van der Waals surface area contributed by atoms with Gasteiger partial charge in [0.1, 0.15) is 5.75 Å². The summed E-state index contributed by atoms with van der Waals surface area (Å²) in [5.41, 5.74) is 7.39. The van der Waals surface area contributed by atoms with E-state index in [9.17, 15) is 9.59 Å². The Hall–Kier alpha value is -2.08. The van der Waals surface area contributed by atoms with Gasteiger partial charge in [-0.1, -0.05) is 26.8 Å². The molecule has 1 aromatic rings. The second-order valence-electron chi connectivity index (χ2n) is 7.65. The highest BCUT2D eigenvalue weighted by Gasteiger charge is 2.33. The largest absolute Gasteiger partial charge is 0.496 e. The van der Waals surface area contributed by atoms with Crippen LogP contribution in [0.2, 0.25) is 0 Å². The maximum absolute atomic E-state index is 12.7. The van der Waals surface area contributed by atoms with Gasteiger partial charge in [0.05, 0.1) is 13.2 Å². The average Bonchev–Trinajstić information content (AvgIpc) is 2.59. The van der Waals surface area contributed by atoms with E-state index in [2.05, 4.69) is 0 Å². The highest BCUT2D eigenvalue weighted by atomic mass is 16.5. The van der Waals surface area contributed by atoms with Gasteiger partial charge < -0.3 is 20.3 Å². The molecule has 0 aromatic heterocycles. The lowest BCUT2D eigenvalue weighted by atomic mass is 9.86. The molecule has 6 nitrogen and oxygen atoms in total. The zero-order valence-corrected chi connectivity index (χ0v) is 15.8. The molecule has 0 spiro atoms. The van der Waals surface area contributed by atoms with Crippen LogP contribution in [0.3, 0.4) is 0 Å². The van der Waals surface area contributed by atoms with Crippen molar-refractivity contribution in [2.75, 3.05) is 33.3 Å². The van der Waals surface area contributed by atoms with Gasteiger partial charge >= 0.3 is 0 Å². The fourth-order valence-corrected chi connectivity index (χ4v) is 2.83. The molecule has 0 bridgehead atoms. The minimum absolute atomic E-state index is 0.0366. The first-order valence-electron chi connectivity index (χ1n) is 8.63. The molecule has 0 unspecified atom stereocenters. The summed E-state index contributed by atoms with van der Waals surface area (Å²) in [5.74, 6) is 0.623. The summed E-state index contributed by atoms with van der Waals surface area (Å²) in [6.45, 7) is 9.86. The molecule has 1 aliphatic heterocycles. The molecular weight excluding hydrogens is 318 g/mol. The first-order chi connectivity index (χ1) is 11.6. The Morgan fingerprint density at radius 1 is 1.12 bits per heavy atom. The number of carbonyl (C=O) groups is 2. The van der Waals surface area contributed by atoms with Gasteiger partial charge in [0.25, 0.3) is 5.91 Å². The third kappa shape index (κ3) is 4.31. The van der Waals surface area contributed by atoms with E-state index in [0.717, 1.165) is 5.56 Å². The summed E-state index contributed by atoms with van der Waals surface area (Å²) in [4.78, 5) is 28.7. The van der Waals surface area contributed by atoms with Crippen LogP contribution in [-0.2, 0) is 4.79 Å². The van der Waals surface area contributed by atoms with Gasteiger partial charge in [-0.25, -0.2) is 0 Å². The molecule has 2 amide bonds. The van der Waals surface area contributed by atoms with E-state index in [1.165, 1.54) is 0 Å². The van der Waals surface area contributed by atoms with Gasteiger partial charge in [-0.05, 0) is 30.0 Å². The highest BCUT2D eigenvalue weighted by Crippen LogP contribution is 2.22. The molecule has 1 saturated heterocycles. The fourth-order valence-electron chi connectivity index (χ4n) is 2.83. The smallest absolute Gasteiger partial charge is 0.254 e. The predicted molar refractivity (Wildman–Crippen MR) is 97.6 cm³/mol. The zero-order valence-electron chi connectivity index (χ0n) is 15.8. The van der Waals surface area contributed by atoms with Crippen LogP contribution in [0.15, 0.2) is 18.2 Å². The van der Waals surface area contributed by atoms with E-state index < -0.39 is 6.04 Å². The first-order valence-corrected chi connectivity index (χ1v) is 8.63. The number of ether oxygens (including phenoxy) is 1. The van der Waals surface area contributed by atoms with Gasteiger partial charge in [-0.15, -0.1) is 0 Å². The lowest BCUT2D eigenvalue weighted by Gasteiger charge is -2.38. The lowest BCUT2D eigenvalue weighted by molar-refractivity contribution is -0.136. The molecular formula is C19H29N3O3. The van der Waals surface area contributed by atoms with Crippen LogP contribution in [0.25, 0.3) is 0 Å². The van der Waals surface area contributed by atoms with Gasteiger partial charge in [0, 0.05) is 31.7 Å². The van der Waals surface area contributed by atoms with Gasteiger partial charge in [0.15, 0.2) is 0 Å². The molecule has 0 aliphatic carbocycles. The molecule has 1 fully saturated rings. The van der Waals surface area contributed by atoms with Crippen LogP contribution < -0.4 is 10.5 Å². The Labute approximate surface area is 149 Å². The van der Waals surface area contributed by atoms with Gasteiger partial charge in [0.2, 0.25) is 5.91 Å². The van der Waals surface area contributed by atoms with E-state index >= 15 is 0 Å². The van der Waals surface area contributed by atoms with Crippen LogP contribution in [0.4, 0.5) is 0 Å². The number of carbonyl (C=O) groups excluding carboxylic acids is 2. The standard InChI is InChI=1S/C19H29N3O3/c1-13-6-7-14(12-15(13)25-5)17(23)21-8-10-22(11-9-21)18(24)16(20)19(2,3)4/h6-7,12,16H,8-11,20H2,1-5H3/t16-/m1/s1. The molecule has 6 heteroatoms. The molecule has 25 heavy (non-hydrogen) atoms. The Kier molecular flexibility index (Phi) is 5.72. The molecule has 1 aromatic carbocycles. The van der Waals surface area contributed by atoms with Crippen molar-refractivity contribution < 1.29 is 14.3 Å². The number of benzene rings is 1. The second kappa shape index (κ2) is 7.44. The van der Waals surface area contributed by atoms with Crippen LogP contribution >= 0.6 is 0 Å². The summed E-state index contributed by atoms with van der Waals surface area (Å²) in [5, 5.41) is 0. The summed E-state index contributed by atoms with van der Waals surface area (Å²) in [7, 11) is 1.60. The minimum atomic E-state index is -0.531. The number of amides is 2. The van der Waals surface area contributed by atoms with Crippen molar-refractivity contribution >= 4 is 11.8 Å². The van der Waals surface area contributed by atoms with Crippen LogP contribution in [0.1, 0.15) is 36.7 Å². The van der Waals surface area contributed by atoms with Crippen LogP contribution in [0, 0.1) is 12.3 Å². The molecule has 0 saturated carbocycles. The van der Waals surface area contributed by atoms with Crippen molar-refractivity contribution in [3.63, 3.8) is 0 Å². The van der Waals surface area contributed by atoms with E-state index in [1.807, 2.05) is 39.8 Å². The molecule has 1 aliphatic rings. The third-order valence-corrected chi connectivity index (χ3v) is 4.73. The number of nitrogens with zero attached hydrogens (tertiary/aromatic N) is 2. The van der Waals surface area contributed by atoms with Gasteiger partial charge in [-0.2, -0.15) is 0 Å². The second-order valence-corrected chi connectivity index (χ2v) is 7.65. The predicted octanol–water partition coefficient (Wildman–Crippen LogP) is 1.66. The van der Waals surface area contributed by atoms with E-state index in [-0.39, 0.29) is 17.2 Å². The van der Waals surface area contributed by atoms with E-state index in [0.29, 0.717) is 37.5 Å². The Morgan fingerprint density at radius 2 is 1.68 bits per heavy atom. The number of nitrogens with two attached hydrogens (primary N) is 1. The van der Waals surface area contributed by atoms with Crippen molar-refractivity contribution in [1.29, 1.82) is 0 Å². The molecule has 2 N–H and O–H groups in total. The number of methoxy groups -OCH3 is 1. The SMILES string of the molecule is COc1cc(C(=O)N2CCN(C(=O)[C@@H](N)C(C)(C)C)CC2)ccc1C. The maximum atomic E-state index is 12.7. The summed E-state index contributed by atoms with van der Waals surface area (Å²) >= 11 is 0. The number of rotatable bonds is 3. The molecule has 138 valence electrons. The summed E-state index contributed by atoms with van der Waals surface area (Å²) in [6, 6.07) is 4.93. The first kappa shape index (κ1) is 19.2. The van der Waals surface area contributed by atoms with Gasteiger partial charge in [-0.3, -0.25) is 9.59 Å². The molecule has 0 radical (unpaired) electrons. The molecule has 1 heterocycles. The van der Waals surface area contributed by atoms with Crippen molar-refractivity contribution in [3.8, 4) is 5.75 Å². The quantitative estimate of drug-likeness (QED) is 0.902. The minimum Gasteiger partial charge on any atom is -0.496 e. The maximum Gasteiger partial charge on any atom is 0.254 e. The van der Waals surface area contributed by atoms with E-state index in [1.54, 1.807) is 23.0 Å². The van der Waals surface area contributed by atoms with Crippen molar-refractivity contribution in [2.45, 2.75) is 33.7 Å². The topological polar surface area (TPSA) is 75.9 Å². The Bertz CT molecular complexity index is 644. The summed E-state index contributed by atoms with van der Waals surface area (Å²) < 4.78 is 5.29. The average molecular weight is 347 g/mol. The van der Waals surface area contributed by atoms with Crippen molar-refractivity contribution in [3.05, 3.63) is 29.3 Å². The Balaban J connectivity index is 2.00. The van der Waals surface area contributed by atoms with Crippen molar-refractivity contribution in [1.82, 2.24) is 9.80 Å². The lowest BCUT2D eigenvalue weighted by Crippen LogP contribution is -2.56. The Morgan fingerprint density at radius 3 is 2.20 bits per heavy atom. The fraction of sp³-hybridized carbons (Fsp3) is 0.579. The molecule has 1 atom stereocenters. The normalized spacial score (nSPS) is 16.6. The number of hydrogen-bond donors (Lipinski definition) is 1. The molecule has 2 rings (SSSR count). The highest BCUT2D eigenvalue weighted by molar-refractivity contribution is 5.95. The number of aryl methyl sites for hydroxylation is 1. The van der Waals surface area contributed by atoms with E-state index in [4.69, 9.17) is 10.5 Å². The number of hydrogen-bond acceptors (Lipinski definition) is 4.